The second-order valence-corrected chi connectivity index (χ2v) is 5.67. The molecule has 0 saturated carbocycles. The average molecular weight is 264 g/mol. The molecule has 0 atom stereocenters. The molecule has 0 spiro atoms. The molecule has 1 aliphatic heterocycles. The van der Waals surface area contributed by atoms with Gasteiger partial charge >= 0.3 is 0 Å². The standard InChI is InChI=1S/C14H24N4O/c1-14(10-19-11-14)9-16-13(15-2)18(4)8-12-6-5-7-17(12)3/h5-7H,8-11H2,1-4H3,(H,15,16). The molecule has 0 radical (unpaired) electrons. The van der Waals surface area contributed by atoms with Crippen LogP contribution in [0.5, 0.6) is 0 Å². The highest BCUT2D eigenvalue weighted by molar-refractivity contribution is 5.79. The van der Waals surface area contributed by atoms with E-state index in [4.69, 9.17) is 4.74 Å². The molecular formula is C14H24N4O. The lowest BCUT2D eigenvalue weighted by Crippen LogP contribution is -2.51. The van der Waals surface area contributed by atoms with Gasteiger partial charge in [-0.25, -0.2) is 0 Å². The molecule has 1 aromatic rings. The van der Waals surface area contributed by atoms with E-state index < -0.39 is 0 Å². The van der Waals surface area contributed by atoms with E-state index in [1.807, 2.05) is 7.05 Å². The van der Waals surface area contributed by atoms with Crippen LogP contribution in [0.15, 0.2) is 23.3 Å². The number of nitrogens with zero attached hydrogens (tertiary/aromatic N) is 3. The van der Waals surface area contributed by atoms with Crippen LogP contribution in [0.4, 0.5) is 0 Å². The highest BCUT2D eigenvalue weighted by Crippen LogP contribution is 2.25. The summed E-state index contributed by atoms with van der Waals surface area (Å²) in [5.41, 5.74) is 1.52. The quantitative estimate of drug-likeness (QED) is 0.653. The molecular weight excluding hydrogens is 240 g/mol. The number of rotatable bonds is 4. The Hall–Kier alpha value is -1.49. The Bertz CT molecular complexity index is 448. The molecule has 2 rings (SSSR count). The maximum Gasteiger partial charge on any atom is 0.193 e. The molecule has 0 aliphatic carbocycles. The molecule has 1 aliphatic rings. The van der Waals surface area contributed by atoms with Crippen molar-refractivity contribution in [1.82, 2.24) is 14.8 Å². The van der Waals surface area contributed by atoms with Gasteiger partial charge in [0, 0.05) is 45.0 Å². The first-order valence-corrected chi connectivity index (χ1v) is 6.64. The molecule has 0 bridgehead atoms. The lowest BCUT2D eigenvalue weighted by Gasteiger charge is -2.39. The zero-order valence-corrected chi connectivity index (χ0v) is 12.3. The highest BCUT2D eigenvalue weighted by atomic mass is 16.5. The summed E-state index contributed by atoms with van der Waals surface area (Å²) >= 11 is 0. The van der Waals surface area contributed by atoms with Gasteiger partial charge in [-0.3, -0.25) is 4.99 Å². The van der Waals surface area contributed by atoms with E-state index in [1.54, 1.807) is 0 Å². The van der Waals surface area contributed by atoms with Gasteiger partial charge in [-0.2, -0.15) is 0 Å². The van der Waals surface area contributed by atoms with E-state index in [-0.39, 0.29) is 5.41 Å². The maximum atomic E-state index is 5.27. The number of aryl methyl sites for hydroxylation is 1. The van der Waals surface area contributed by atoms with Crippen molar-refractivity contribution in [2.75, 3.05) is 33.9 Å². The number of nitrogens with one attached hydrogen (secondary N) is 1. The Morgan fingerprint density at radius 1 is 1.58 bits per heavy atom. The van der Waals surface area contributed by atoms with Gasteiger partial charge in [0.05, 0.1) is 19.8 Å². The third-order valence-electron chi connectivity index (χ3n) is 3.60. The zero-order valence-electron chi connectivity index (χ0n) is 12.3. The number of hydrogen-bond donors (Lipinski definition) is 1. The molecule has 5 nitrogen and oxygen atoms in total. The predicted molar refractivity (Wildman–Crippen MR) is 77.2 cm³/mol. The normalized spacial score (nSPS) is 18.0. The van der Waals surface area contributed by atoms with E-state index in [9.17, 15) is 0 Å². The third-order valence-corrected chi connectivity index (χ3v) is 3.60. The van der Waals surface area contributed by atoms with E-state index in [2.05, 4.69) is 59.1 Å². The fraction of sp³-hybridized carbons (Fsp3) is 0.643. The van der Waals surface area contributed by atoms with Gasteiger partial charge in [-0.05, 0) is 12.1 Å². The molecule has 19 heavy (non-hydrogen) atoms. The Morgan fingerprint density at radius 2 is 2.32 bits per heavy atom. The van der Waals surface area contributed by atoms with Crippen molar-refractivity contribution in [3.8, 4) is 0 Å². The summed E-state index contributed by atoms with van der Waals surface area (Å²) in [4.78, 5) is 6.48. The van der Waals surface area contributed by atoms with Crippen molar-refractivity contribution < 1.29 is 4.74 Å². The Morgan fingerprint density at radius 3 is 2.79 bits per heavy atom. The molecule has 106 valence electrons. The molecule has 5 heteroatoms. The summed E-state index contributed by atoms with van der Waals surface area (Å²) in [5, 5.41) is 3.43. The van der Waals surface area contributed by atoms with Crippen LogP contribution in [0.25, 0.3) is 0 Å². The third kappa shape index (κ3) is 3.29. The van der Waals surface area contributed by atoms with Gasteiger partial charge in [0.1, 0.15) is 0 Å². The molecule has 1 aromatic heterocycles. The van der Waals surface area contributed by atoms with Gasteiger partial charge in [0.15, 0.2) is 5.96 Å². The number of ether oxygens (including phenoxy) is 1. The fourth-order valence-corrected chi connectivity index (χ4v) is 2.21. The van der Waals surface area contributed by atoms with Crippen LogP contribution >= 0.6 is 0 Å². The average Bonchev–Trinajstić information content (AvgIpc) is 2.73. The van der Waals surface area contributed by atoms with Crippen molar-refractivity contribution >= 4 is 5.96 Å². The lowest BCUT2D eigenvalue weighted by molar-refractivity contribution is -0.0972. The van der Waals surface area contributed by atoms with Crippen molar-refractivity contribution in [2.24, 2.45) is 17.5 Å². The van der Waals surface area contributed by atoms with E-state index in [1.165, 1.54) is 5.69 Å². The van der Waals surface area contributed by atoms with Crippen LogP contribution in [0.2, 0.25) is 0 Å². The number of guanidine groups is 1. The number of hydrogen-bond acceptors (Lipinski definition) is 2. The lowest BCUT2D eigenvalue weighted by atomic mass is 9.89. The van der Waals surface area contributed by atoms with Gasteiger partial charge in [-0.15, -0.1) is 0 Å². The Kier molecular flexibility index (Phi) is 4.14. The highest BCUT2D eigenvalue weighted by Gasteiger charge is 2.33. The fourth-order valence-electron chi connectivity index (χ4n) is 2.21. The first kappa shape index (κ1) is 13.9. The molecule has 2 heterocycles. The van der Waals surface area contributed by atoms with Crippen LogP contribution in [0.1, 0.15) is 12.6 Å². The van der Waals surface area contributed by atoms with Crippen LogP contribution < -0.4 is 5.32 Å². The Balaban J connectivity index is 1.88. The molecule has 0 aromatic carbocycles. The summed E-state index contributed by atoms with van der Waals surface area (Å²) in [6, 6.07) is 4.19. The Labute approximate surface area is 115 Å². The smallest absolute Gasteiger partial charge is 0.193 e. The topological polar surface area (TPSA) is 41.8 Å². The molecule has 1 N–H and O–H groups in total. The predicted octanol–water partition coefficient (Wildman–Crippen LogP) is 1.07. The van der Waals surface area contributed by atoms with Gasteiger partial charge < -0.3 is 19.5 Å². The number of aliphatic imine (C=N–C) groups is 1. The second kappa shape index (κ2) is 5.65. The minimum Gasteiger partial charge on any atom is -0.380 e. The minimum absolute atomic E-state index is 0.252. The zero-order chi connectivity index (χ0) is 13.9. The SMILES string of the molecule is CN=C(NCC1(C)COC1)N(C)Cc1cccn1C. The van der Waals surface area contributed by atoms with Gasteiger partial charge in [0.25, 0.3) is 0 Å². The number of aromatic nitrogens is 1. The first-order valence-electron chi connectivity index (χ1n) is 6.64. The monoisotopic (exact) mass is 264 g/mol. The summed E-state index contributed by atoms with van der Waals surface area (Å²) in [6.45, 7) is 5.64. The van der Waals surface area contributed by atoms with Crippen molar-refractivity contribution in [3.63, 3.8) is 0 Å². The van der Waals surface area contributed by atoms with Gasteiger partial charge in [0.2, 0.25) is 0 Å². The molecule has 1 saturated heterocycles. The summed E-state index contributed by atoms with van der Waals surface area (Å²) < 4.78 is 7.40. The van der Waals surface area contributed by atoms with Crippen LogP contribution in [0, 0.1) is 5.41 Å². The minimum atomic E-state index is 0.252. The molecule has 0 amide bonds. The van der Waals surface area contributed by atoms with Crippen LogP contribution in [-0.4, -0.2) is 49.3 Å². The molecule has 0 unspecified atom stereocenters. The van der Waals surface area contributed by atoms with Crippen LogP contribution in [-0.2, 0) is 18.3 Å². The maximum absolute atomic E-state index is 5.27. The van der Waals surface area contributed by atoms with Crippen molar-refractivity contribution in [3.05, 3.63) is 24.0 Å². The summed E-state index contributed by atoms with van der Waals surface area (Å²) in [5.74, 6) is 0.925. The summed E-state index contributed by atoms with van der Waals surface area (Å²) in [6.07, 6.45) is 2.06. The van der Waals surface area contributed by atoms with E-state index in [0.29, 0.717) is 0 Å². The van der Waals surface area contributed by atoms with E-state index in [0.717, 1.165) is 32.3 Å². The van der Waals surface area contributed by atoms with Crippen LogP contribution in [0.3, 0.4) is 0 Å². The molecule has 1 fully saturated rings. The largest absolute Gasteiger partial charge is 0.380 e. The van der Waals surface area contributed by atoms with Gasteiger partial charge in [-0.1, -0.05) is 6.92 Å². The van der Waals surface area contributed by atoms with Crippen molar-refractivity contribution in [2.45, 2.75) is 13.5 Å². The van der Waals surface area contributed by atoms with Crippen molar-refractivity contribution in [1.29, 1.82) is 0 Å². The van der Waals surface area contributed by atoms with E-state index >= 15 is 0 Å². The second-order valence-electron chi connectivity index (χ2n) is 5.67. The first-order chi connectivity index (χ1) is 9.04. The summed E-state index contributed by atoms with van der Waals surface area (Å²) in [7, 11) is 5.94.